The van der Waals surface area contributed by atoms with Crippen LogP contribution in [-0.2, 0) is 0 Å². The van der Waals surface area contributed by atoms with E-state index in [1.165, 1.54) is 0 Å². The minimum Gasteiger partial charge on any atom is -0.309 e. The Morgan fingerprint density at radius 2 is 1.04 bits per heavy atom. The summed E-state index contributed by atoms with van der Waals surface area (Å²) in [6, 6.07) is 45.9. The van der Waals surface area contributed by atoms with Crippen molar-refractivity contribution < 1.29 is 0 Å². The van der Waals surface area contributed by atoms with Crippen LogP contribution >= 0.6 is 0 Å². The maximum absolute atomic E-state index is 10.1. The number of rotatable bonds is 3. The fraction of sp³-hybridized carbons (Fsp3) is 0. The fourth-order valence-electron chi connectivity index (χ4n) is 6.59. The Bertz CT molecular complexity index is 2680. The van der Waals surface area contributed by atoms with Gasteiger partial charge in [0.05, 0.1) is 63.5 Å². The SMILES string of the molecule is [C-]#[N+]c1ccc2c(c1)c1ccccc1n2-c1cc(-c2ccccc2C#N)cc(-n2c3ccc(C#N)cc3c3cc(C#N)ccc32)c1. The van der Waals surface area contributed by atoms with Gasteiger partial charge in [0.25, 0.3) is 0 Å². The molecule has 0 aliphatic heterocycles. The van der Waals surface area contributed by atoms with E-state index >= 15 is 0 Å². The summed E-state index contributed by atoms with van der Waals surface area (Å²) in [5, 5.41) is 33.2. The first kappa shape index (κ1) is 26.5. The predicted molar refractivity (Wildman–Crippen MR) is 181 cm³/mol. The molecule has 46 heavy (non-hydrogen) atoms. The van der Waals surface area contributed by atoms with Crippen LogP contribution in [-0.4, -0.2) is 9.13 Å². The van der Waals surface area contributed by atoms with Crippen LogP contribution in [0.5, 0.6) is 0 Å². The highest BCUT2D eigenvalue weighted by molar-refractivity contribution is 6.11. The molecule has 0 atom stereocenters. The van der Waals surface area contributed by atoms with Crippen molar-refractivity contribution in [2.24, 2.45) is 0 Å². The number of nitriles is 3. The average Bonchev–Trinajstić information content (AvgIpc) is 3.62. The minimum atomic E-state index is 0.537. The first-order valence-corrected chi connectivity index (χ1v) is 14.6. The highest BCUT2D eigenvalue weighted by atomic mass is 15.0. The number of hydrogen-bond donors (Lipinski definition) is 0. The standard InChI is InChI=1S/C40H20N6/c1-44-29-12-15-40-36(20-29)33-8-4-5-9-37(33)45(40)30-18-28(32-7-3-2-6-27(32)24-43)19-31(21-30)46-38-13-10-25(22-41)16-34(38)35-17-26(23-42)11-14-39(35)46/h2-21H. The molecule has 0 fully saturated rings. The zero-order chi connectivity index (χ0) is 31.4. The second-order valence-electron chi connectivity index (χ2n) is 11.1. The molecular formula is C40H20N6. The molecule has 0 N–H and O–H groups in total. The van der Waals surface area contributed by atoms with Crippen molar-refractivity contribution in [1.82, 2.24) is 9.13 Å². The minimum absolute atomic E-state index is 0.537. The zero-order valence-electron chi connectivity index (χ0n) is 24.2. The maximum atomic E-state index is 10.1. The largest absolute Gasteiger partial charge is 0.309 e. The van der Waals surface area contributed by atoms with Gasteiger partial charge in [-0.05, 0) is 95.4 Å². The lowest BCUT2D eigenvalue weighted by atomic mass is 9.99. The van der Waals surface area contributed by atoms with Crippen LogP contribution < -0.4 is 0 Å². The van der Waals surface area contributed by atoms with Crippen molar-refractivity contribution in [2.45, 2.75) is 0 Å². The van der Waals surface area contributed by atoms with Gasteiger partial charge in [-0.25, -0.2) is 4.85 Å². The zero-order valence-corrected chi connectivity index (χ0v) is 24.2. The van der Waals surface area contributed by atoms with Gasteiger partial charge in [0, 0.05) is 27.5 Å². The summed E-state index contributed by atoms with van der Waals surface area (Å²) >= 11 is 0. The molecule has 0 saturated heterocycles. The maximum Gasteiger partial charge on any atom is 0.188 e. The molecule has 2 aromatic heterocycles. The van der Waals surface area contributed by atoms with Crippen LogP contribution in [0.15, 0.2) is 121 Å². The number of nitrogens with zero attached hydrogens (tertiary/aromatic N) is 6. The molecule has 0 unspecified atom stereocenters. The molecule has 6 aromatic carbocycles. The first-order valence-electron chi connectivity index (χ1n) is 14.6. The third kappa shape index (κ3) is 3.93. The molecule has 0 aliphatic rings. The summed E-state index contributed by atoms with van der Waals surface area (Å²) in [6.45, 7) is 7.60. The Morgan fingerprint density at radius 1 is 0.500 bits per heavy atom. The number of hydrogen-bond acceptors (Lipinski definition) is 3. The van der Waals surface area contributed by atoms with Crippen LogP contribution in [0.1, 0.15) is 16.7 Å². The van der Waals surface area contributed by atoms with Crippen LogP contribution in [0, 0.1) is 40.6 Å². The van der Waals surface area contributed by atoms with E-state index in [4.69, 9.17) is 6.57 Å². The molecule has 0 radical (unpaired) electrons. The highest BCUT2D eigenvalue weighted by Crippen LogP contribution is 2.39. The third-order valence-corrected chi connectivity index (χ3v) is 8.59. The van der Waals surface area contributed by atoms with E-state index in [-0.39, 0.29) is 0 Å². The molecular weight excluding hydrogens is 564 g/mol. The van der Waals surface area contributed by atoms with Crippen LogP contribution in [0.25, 0.3) is 71.0 Å². The monoisotopic (exact) mass is 584 g/mol. The van der Waals surface area contributed by atoms with Gasteiger partial charge >= 0.3 is 0 Å². The summed E-state index contributed by atoms with van der Waals surface area (Å²) in [4.78, 5) is 3.68. The quantitative estimate of drug-likeness (QED) is 0.194. The second-order valence-corrected chi connectivity index (χ2v) is 11.1. The molecule has 2 heterocycles. The van der Waals surface area contributed by atoms with E-state index in [9.17, 15) is 15.8 Å². The van der Waals surface area contributed by atoms with Crippen molar-refractivity contribution in [3.05, 3.63) is 149 Å². The van der Waals surface area contributed by atoms with Gasteiger partial charge in [-0.1, -0.05) is 42.5 Å². The average molecular weight is 585 g/mol. The molecule has 8 rings (SSSR count). The molecule has 0 spiro atoms. The Morgan fingerprint density at radius 3 is 1.65 bits per heavy atom. The summed E-state index contributed by atoms with van der Waals surface area (Å²) in [5.41, 5.74) is 9.38. The molecule has 210 valence electrons. The Hall–Kier alpha value is -7.12. The second kappa shape index (κ2) is 10.3. The topological polar surface area (TPSA) is 85.6 Å². The van der Waals surface area contributed by atoms with Crippen LogP contribution in [0.3, 0.4) is 0 Å². The molecule has 8 aromatic rings. The lowest BCUT2D eigenvalue weighted by Crippen LogP contribution is -2.00. The third-order valence-electron chi connectivity index (χ3n) is 8.59. The van der Waals surface area contributed by atoms with Crippen LogP contribution in [0.4, 0.5) is 5.69 Å². The van der Waals surface area contributed by atoms with Gasteiger partial charge in [-0.3, -0.25) is 0 Å². The lowest BCUT2D eigenvalue weighted by Gasteiger charge is -2.16. The molecule has 0 bridgehead atoms. The summed E-state index contributed by atoms with van der Waals surface area (Å²) < 4.78 is 4.36. The van der Waals surface area contributed by atoms with E-state index in [0.29, 0.717) is 22.4 Å². The van der Waals surface area contributed by atoms with Crippen molar-refractivity contribution in [2.75, 3.05) is 0 Å². The fourth-order valence-corrected chi connectivity index (χ4v) is 6.59. The van der Waals surface area contributed by atoms with E-state index in [1.54, 1.807) is 12.1 Å². The van der Waals surface area contributed by atoms with Crippen molar-refractivity contribution in [3.8, 4) is 40.7 Å². The van der Waals surface area contributed by atoms with Crippen LogP contribution in [0.2, 0.25) is 0 Å². The highest BCUT2D eigenvalue weighted by Gasteiger charge is 2.19. The van der Waals surface area contributed by atoms with Crippen molar-refractivity contribution in [3.63, 3.8) is 0 Å². The normalized spacial score (nSPS) is 11.0. The van der Waals surface area contributed by atoms with Gasteiger partial charge in [0.2, 0.25) is 0 Å². The van der Waals surface area contributed by atoms with Crippen molar-refractivity contribution >= 4 is 49.3 Å². The lowest BCUT2D eigenvalue weighted by molar-refractivity contribution is 1.13. The Kier molecular flexibility index (Phi) is 5.91. The Balaban J connectivity index is 1.52. The number of fused-ring (bicyclic) bond motifs is 6. The van der Waals surface area contributed by atoms with Gasteiger partial charge in [0.15, 0.2) is 5.69 Å². The molecule has 6 heteroatoms. The molecule has 6 nitrogen and oxygen atoms in total. The molecule has 0 amide bonds. The van der Waals surface area contributed by atoms with Gasteiger partial charge in [-0.2, -0.15) is 15.8 Å². The number of para-hydroxylation sites is 1. The number of aromatic nitrogens is 2. The van der Waals surface area contributed by atoms with Crippen molar-refractivity contribution in [1.29, 1.82) is 15.8 Å². The predicted octanol–water partition coefficient (Wildman–Crippen LogP) is 9.71. The first-order chi connectivity index (χ1) is 22.6. The molecule has 0 saturated carbocycles. The van der Waals surface area contributed by atoms with E-state index in [0.717, 1.165) is 66.1 Å². The van der Waals surface area contributed by atoms with E-state index in [2.05, 4.69) is 62.5 Å². The van der Waals surface area contributed by atoms with E-state index in [1.807, 2.05) is 78.9 Å². The summed E-state index contributed by atoms with van der Waals surface area (Å²) in [7, 11) is 0. The molecule has 0 aliphatic carbocycles. The van der Waals surface area contributed by atoms with E-state index < -0.39 is 0 Å². The van der Waals surface area contributed by atoms with Gasteiger partial charge in [0.1, 0.15) is 0 Å². The number of benzene rings is 6. The smallest absolute Gasteiger partial charge is 0.188 e. The summed E-state index contributed by atoms with van der Waals surface area (Å²) in [5.74, 6) is 0. The summed E-state index contributed by atoms with van der Waals surface area (Å²) in [6.07, 6.45) is 0. The van der Waals surface area contributed by atoms with Gasteiger partial charge < -0.3 is 9.13 Å². The Labute approximate surface area is 263 Å². The van der Waals surface area contributed by atoms with Gasteiger partial charge in [-0.15, -0.1) is 0 Å².